The maximum atomic E-state index is 12.5. The quantitative estimate of drug-likeness (QED) is 0.187. The van der Waals surface area contributed by atoms with E-state index in [1.807, 2.05) is 24.3 Å². The van der Waals surface area contributed by atoms with E-state index >= 15 is 0 Å². The molecule has 42 heavy (non-hydrogen) atoms. The van der Waals surface area contributed by atoms with Crippen molar-refractivity contribution in [2.75, 3.05) is 30.3 Å². The highest BCUT2D eigenvalue weighted by atomic mass is 32.2. The van der Waals surface area contributed by atoms with Crippen molar-refractivity contribution in [1.82, 2.24) is 14.7 Å². The normalized spacial score (nSPS) is 17.6. The van der Waals surface area contributed by atoms with Crippen molar-refractivity contribution in [1.29, 1.82) is 0 Å². The monoisotopic (exact) mass is 608 g/mol. The van der Waals surface area contributed by atoms with Crippen molar-refractivity contribution in [3.05, 3.63) is 84.4 Å². The molecule has 0 aliphatic heterocycles. The lowest BCUT2D eigenvalue weighted by atomic mass is 9.82. The molecule has 1 aliphatic carbocycles. The largest absolute Gasteiger partial charge is 0.369 e. The third-order valence-corrected chi connectivity index (χ3v) is 10.1. The molecule has 3 aromatic carbocycles. The lowest BCUT2D eigenvalue weighted by Gasteiger charge is -2.28. The van der Waals surface area contributed by atoms with Crippen LogP contribution in [0.15, 0.2) is 88.7 Å². The molecule has 0 bridgehead atoms. The number of nitrogens with zero attached hydrogens (tertiary/aromatic N) is 2. The van der Waals surface area contributed by atoms with E-state index in [-0.39, 0.29) is 4.90 Å². The van der Waals surface area contributed by atoms with Gasteiger partial charge in [-0.1, -0.05) is 42.5 Å². The highest BCUT2D eigenvalue weighted by Crippen LogP contribution is 2.29. The Bertz CT molecular complexity index is 1710. The van der Waals surface area contributed by atoms with Crippen molar-refractivity contribution in [3.8, 4) is 0 Å². The van der Waals surface area contributed by atoms with Crippen LogP contribution in [0.2, 0.25) is 0 Å². The molecule has 0 spiro atoms. The Morgan fingerprint density at radius 2 is 1.36 bits per heavy atom. The molecule has 0 amide bonds. The van der Waals surface area contributed by atoms with E-state index in [0.29, 0.717) is 42.2 Å². The van der Waals surface area contributed by atoms with E-state index in [9.17, 15) is 16.8 Å². The van der Waals surface area contributed by atoms with Gasteiger partial charge in [-0.05, 0) is 85.9 Å². The van der Waals surface area contributed by atoms with Gasteiger partial charge >= 0.3 is 0 Å². The van der Waals surface area contributed by atoms with Crippen LogP contribution < -0.4 is 20.5 Å². The molecular weight excluding hydrogens is 573 g/mol. The molecule has 1 heterocycles. The first-order chi connectivity index (χ1) is 20.2. The fourth-order valence-electron chi connectivity index (χ4n) is 5.25. The highest BCUT2D eigenvalue weighted by molar-refractivity contribution is 7.89. The molecule has 4 aromatic rings. The highest BCUT2D eigenvalue weighted by Gasteiger charge is 2.23. The molecule has 0 radical (unpaired) electrons. The molecule has 12 heteroatoms. The van der Waals surface area contributed by atoms with Gasteiger partial charge in [-0.25, -0.2) is 31.7 Å². The van der Waals surface area contributed by atoms with Crippen LogP contribution in [0.5, 0.6) is 0 Å². The Balaban J connectivity index is 1.13. The zero-order valence-electron chi connectivity index (χ0n) is 23.2. The topological polar surface area (TPSA) is 156 Å². The standard InChI is InChI=1S/C30H36N6O4S2/c31-41(37,38)25-16-14-22(15-17-25)18-19-32-29-27-8-4-5-9-28(27)35-30(36-29)33-20-23-10-12-24(13-11-23)21-34-42(39,40)26-6-2-1-3-7-26/h1-9,14-17,23-24,34H,10-13,18-21H2,(H2,31,37,38)(H2,32,33,35,36)/t23-,24-. The molecule has 5 rings (SSSR count). The number of fused-ring (bicyclic) bond motifs is 1. The van der Waals surface area contributed by atoms with Crippen molar-refractivity contribution >= 4 is 42.7 Å². The Labute approximate surface area is 247 Å². The number of anilines is 2. The van der Waals surface area contributed by atoms with E-state index in [1.165, 1.54) is 12.1 Å². The SMILES string of the molecule is NS(=O)(=O)c1ccc(CCNc2nc(NC[C@H]3CC[C@H](CNS(=O)(=O)c4ccccc4)CC3)nc3ccccc23)cc1. The second-order valence-corrected chi connectivity index (χ2v) is 14.0. The van der Waals surface area contributed by atoms with Gasteiger partial charge in [0.2, 0.25) is 26.0 Å². The second-order valence-electron chi connectivity index (χ2n) is 10.7. The van der Waals surface area contributed by atoms with E-state index < -0.39 is 20.0 Å². The van der Waals surface area contributed by atoms with Gasteiger partial charge in [-0.15, -0.1) is 0 Å². The molecule has 0 unspecified atom stereocenters. The fraction of sp³-hybridized carbons (Fsp3) is 0.333. The van der Waals surface area contributed by atoms with E-state index in [2.05, 4.69) is 15.4 Å². The van der Waals surface area contributed by atoms with Crippen molar-refractivity contribution in [2.45, 2.75) is 41.9 Å². The number of aromatic nitrogens is 2. The molecule has 1 aromatic heterocycles. The lowest BCUT2D eigenvalue weighted by Crippen LogP contribution is -2.32. The van der Waals surface area contributed by atoms with Crippen molar-refractivity contribution in [2.24, 2.45) is 17.0 Å². The summed E-state index contributed by atoms with van der Waals surface area (Å²) in [5.74, 6) is 2.08. The van der Waals surface area contributed by atoms with Gasteiger partial charge in [0.25, 0.3) is 0 Å². The summed E-state index contributed by atoms with van der Waals surface area (Å²) in [6.45, 7) is 1.81. The Kier molecular flexibility index (Phi) is 9.37. The number of primary sulfonamides is 1. The number of para-hydroxylation sites is 1. The zero-order valence-corrected chi connectivity index (χ0v) is 24.9. The lowest BCUT2D eigenvalue weighted by molar-refractivity contribution is 0.284. The minimum absolute atomic E-state index is 0.0953. The number of hydrogen-bond donors (Lipinski definition) is 4. The molecule has 10 nitrogen and oxygen atoms in total. The van der Waals surface area contributed by atoms with E-state index in [4.69, 9.17) is 15.1 Å². The average molecular weight is 609 g/mol. The number of nitrogens with two attached hydrogens (primary N) is 1. The Morgan fingerprint density at radius 1 is 0.714 bits per heavy atom. The number of sulfonamides is 2. The van der Waals surface area contributed by atoms with Crippen molar-refractivity contribution in [3.63, 3.8) is 0 Å². The number of hydrogen-bond acceptors (Lipinski definition) is 8. The predicted molar refractivity (Wildman–Crippen MR) is 165 cm³/mol. The first-order valence-corrected chi connectivity index (χ1v) is 17.1. The molecular formula is C30H36N6O4S2. The van der Waals surface area contributed by atoms with Crippen molar-refractivity contribution < 1.29 is 16.8 Å². The van der Waals surface area contributed by atoms with E-state index in [1.54, 1.807) is 42.5 Å². The fourth-order valence-corrected chi connectivity index (χ4v) is 6.90. The van der Waals surface area contributed by atoms with Crippen LogP contribution in [0.3, 0.4) is 0 Å². The zero-order chi connectivity index (χ0) is 29.6. The molecule has 0 atom stereocenters. The summed E-state index contributed by atoms with van der Waals surface area (Å²) < 4.78 is 50.8. The summed E-state index contributed by atoms with van der Waals surface area (Å²) in [7, 11) is -7.19. The summed E-state index contributed by atoms with van der Waals surface area (Å²) in [5, 5.41) is 13.0. The Hall–Kier alpha value is -3.58. The number of benzene rings is 3. The first kappa shape index (κ1) is 29.9. The van der Waals surface area contributed by atoms with Gasteiger partial charge in [0, 0.05) is 25.0 Å². The molecule has 222 valence electrons. The number of rotatable bonds is 12. The van der Waals surface area contributed by atoms with Gasteiger partial charge in [0.15, 0.2) is 0 Å². The van der Waals surface area contributed by atoms with Crippen LogP contribution in [-0.4, -0.2) is 46.4 Å². The third-order valence-electron chi connectivity index (χ3n) is 7.69. The molecule has 1 saturated carbocycles. The van der Waals surface area contributed by atoms with Crippen LogP contribution in [0.1, 0.15) is 31.2 Å². The molecule has 5 N–H and O–H groups in total. The van der Waals surface area contributed by atoms with Gasteiger partial charge in [0.1, 0.15) is 5.82 Å². The van der Waals surface area contributed by atoms with Gasteiger partial charge in [-0.2, -0.15) is 4.98 Å². The van der Waals surface area contributed by atoms with E-state index in [0.717, 1.165) is 54.5 Å². The smallest absolute Gasteiger partial charge is 0.240 e. The van der Waals surface area contributed by atoms with Crippen LogP contribution >= 0.6 is 0 Å². The van der Waals surface area contributed by atoms with Crippen LogP contribution in [0.4, 0.5) is 11.8 Å². The summed E-state index contributed by atoms with van der Waals surface area (Å²) >= 11 is 0. The maximum absolute atomic E-state index is 12.5. The van der Waals surface area contributed by atoms with Gasteiger partial charge < -0.3 is 10.6 Å². The predicted octanol–water partition coefficient (Wildman–Crippen LogP) is 4.13. The molecule has 1 fully saturated rings. The second kappa shape index (κ2) is 13.2. The van der Waals surface area contributed by atoms with Crippen LogP contribution in [-0.2, 0) is 26.5 Å². The first-order valence-electron chi connectivity index (χ1n) is 14.1. The molecule has 0 saturated heterocycles. The molecule has 1 aliphatic rings. The minimum Gasteiger partial charge on any atom is -0.369 e. The summed E-state index contributed by atoms with van der Waals surface area (Å²) in [4.78, 5) is 9.86. The minimum atomic E-state index is -3.71. The number of nitrogens with one attached hydrogen (secondary N) is 3. The van der Waals surface area contributed by atoms with Crippen LogP contribution in [0, 0.1) is 11.8 Å². The Morgan fingerprint density at radius 3 is 2.05 bits per heavy atom. The van der Waals surface area contributed by atoms with Gasteiger partial charge in [-0.3, -0.25) is 0 Å². The summed E-state index contributed by atoms with van der Waals surface area (Å²) in [6.07, 6.45) is 4.62. The maximum Gasteiger partial charge on any atom is 0.240 e. The van der Waals surface area contributed by atoms with Gasteiger partial charge in [0.05, 0.1) is 15.3 Å². The average Bonchev–Trinajstić information content (AvgIpc) is 3.00. The van der Waals surface area contributed by atoms with Crippen LogP contribution in [0.25, 0.3) is 10.9 Å². The third kappa shape index (κ3) is 7.82. The summed E-state index contributed by atoms with van der Waals surface area (Å²) in [5.41, 5.74) is 1.82. The summed E-state index contributed by atoms with van der Waals surface area (Å²) in [6, 6.07) is 22.9.